The summed E-state index contributed by atoms with van der Waals surface area (Å²) in [5.41, 5.74) is 1.09. The van der Waals surface area contributed by atoms with Crippen molar-refractivity contribution in [1.29, 1.82) is 0 Å². The number of rotatable bonds is 5. The van der Waals surface area contributed by atoms with Gasteiger partial charge in [0.2, 0.25) is 0 Å². The molecule has 0 spiro atoms. The highest BCUT2D eigenvalue weighted by atomic mass is 79.9. The van der Waals surface area contributed by atoms with Gasteiger partial charge in [-0.1, -0.05) is 37.6 Å². The Balaban J connectivity index is 2.47. The topological polar surface area (TPSA) is 66.8 Å². The second-order valence-corrected chi connectivity index (χ2v) is 8.34. The van der Waals surface area contributed by atoms with Crippen molar-refractivity contribution >= 4 is 34.3 Å². The van der Waals surface area contributed by atoms with Crippen molar-refractivity contribution in [3.05, 3.63) is 40.4 Å². The van der Waals surface area contributed by atoms with E-state index in [0.717, 1.165) is 16.3 Å². The largest absolute Gasteiger partial charge is 0.421 e. The molecular weight excluding hydrogens is 367 g/mol. The minimum absolute atomic E-state index is 0.140. The van der Waals surface area contributed by atoms with Crippen LogP contribution in [0.5, 0.6) is 5.75 Å². The molecule has 1 unspecified atom stereocenters. The molecule has 22 heavy (non-hydrogen) atoms. The van der Waals surface area contributed by atoms with Crippen LogP contribution in [0.15, 0.2) is 34.8 Å². The fourth-order valence-corrected chi connectivity index (χ4v) is 4.26. The molecule has 0 aromatic heterocycles. The van der Waals surface area contributed by atoms with E-state index in [0.29, 0.717) is 4.47 Å². The summed E-state index contributed by atoms with van der Waals surface area (Å²) in [6.45, 7) is 5.30. The second-order valence-electron chi connectivity index (χ2n) is 5.43. The lowest BCUT2D eigenvalue weighted by molar-refractivity contribution is 0.0856. The Morgan fingerprint density at radius 2 is 1.82 bits per heavy atom. The molecule has 0 heterocycles. The van der Waals surface area contributed by atoms with Gasteiger partial charge in [-0.15, -0.1) is 0 Å². The predicted octanol–water partition coefficient (Wildman–Crippen LogP) is 4.98. The number of aryl methyl sites for hydroxylation is 1. The second kappa shape index (κ2) is 6.32. The first-order valence-corrected chi connectivity index (χ1v) is 9.54. The van der Waals surface area contributed by atoms with Crippen LogP contribution in [0.25, 0.3) is 10.8 Å². The summed E-state index contributed by atoms with van der Waals surface area (Å²) in [4.78, 5) is 10.2. The lowest BCUT2D eigenvalue weighted by Crippen LogP contribution is -2.28. The third kappa shape index (κ3) is 3.23. The predicted molar refractivity (Wildman–Crippen MR) is 92.4 cm³/mol. The summed E-state index contributed by atoms with van der Waals surface area (Å²) in [6.07, 6.45) is 0.281. The molecule has 0 radical (unpaired) electrons. The number of aliphatic hydroxyl groups is 1. The maximum absolute atomic E-state index is 12.5. The molecule has 0 aliphatic heterocycles. The van der Waals surface area contributed by atoms with Gasteiger partial charge in [0.05, 0.1) is 4.47 Å². The van der Waals surface area contributed by atoms with Crippen LogP contribution in [0.2, 0.25) is 0 Å². The minimum atomic E-state index is -4.23. The highest BCUT2D eigenvalue weighted by Gasteiger charge is 2.46. The lowest BCUT2D eigenvalue weighted by atomic mass is 10.1. The first kappa shape index (κ1) is 17.5. The molecule has 6 heteroatoms. The van der Waals surface area contributed by atoms with Crippen LogP contribution in [-0.2, 0) is 4.57 Å². The van der Waals surface area contributed by atoms with Gasteiger partial charge >= 0.3 is 7.60 Å². The van der Waals surface area contributed by atoms with E-state index in [4.69, 9.17) is 4.52 Å². The summed E-state index contributed by atoms with van der Waals surface area (Å²) >= 11 is 3.36. The van der Waals surface area contributed by atoms with Crippen molar-refractivity contribution in [3.8, 4) is 5.75 Å². The maximum atomic E-state index is 12.5. The molecule has 2 aromatic carbocycles. The van der Waals surface area contributed by atoms with Crippen LogP contribution < -0.4 is 4.52 Å². The Bertz CT molecular complexity index is 740. The Kier molecular flexibility index (Phi) is 5.03. The third-order valence-electron chi connectivity index (χ3n) is 3.93. The molecular formula is C16H20BrO4P. The molecule has 2 N–H and O–H groups in total. The summed E-state index contributed by atoms with van der Waals surface area (Å²) in [5, 5.41) is 10.5. The molecule has 0 amide bonds. The average molecular weight is 387 g/mol. The molecule has 120 valence electrons. The zero-order chi connectivity index (χ0) is 16.5. The van der Waals surface area contributed by atoms with Gasteiger partial charge in [0.15, 0.2) is 5.34 Å². The van der Waals surface area contributed by atoms with Gasteiger partial charge in [-0.25, -0.2) is 4.57 Å². The molecule has 0 fully saturated rings. The van der Waals surface area contributed by atoms with Crippen LogP contribution in [0.3, 0.4) is 0 Å². The molecule has 0 aliphatic carbocycles. The number of fused-ring (bicyclic) bond motifs is 1. The SMILES string of the molecule is CCC(O)(CC)P(=O)(O)Oc1cc2cc(C)ccc2cc1Br. The Hall–Kier alpha value is -0.870. The standard InChI is InChI=1S/C16H20BrO4P/c1-4-16(18,5-2)22(19,20)21-15-10-13-8-11(3)6-7-12(13)9-14(15)17/h6-10,18H,4-5H2,1-3H3,(H,19,20). The van der Waals surface area contributed by atoms with Crippen molar-refractivity contribution in [3.63, 3.8) is 0 Å². The van der Waals surface area contributed by atoms with Crippen molar-refractivity contribution in [2.45, 2.75) is 39.0 Å². The van der Waals surface area contributed by atoms with Crippen molar-refractivity contribution < 1.29 is 19.1 Å². The monoisotopic (exact) mass is 386 g/mol. The summed E-state index contributed by atoms with van der Waals surface area (Å²) in [5.74, 6) is 0.254. The molecule has 0 saturated heterocycles. The molecule has 2 aromatic rings. The molecule has 2 rings (SSSR count). The summed E-state index contributed by atoms with van der Waals surface area (Å²) in [7, 11) is -4.23. The van der Waals surface area contributed by atoms with E-state index in [1.54, 1.807) is 19.9 Å². The maximum Gasteiger partial charge on any atom is 0.407 e. The third-order valence-corrected chi connectivity index (χ3v) is 6.68. The highest BCUT2D eigenvalue weighted by Crippen LogP contribution is 2.57. The van der Waals surface area contributed by atoms with Crippen molar-refractivity contribution in [1.82, 2.24) is 0 Å². The number of hydrogen-bond acceptors (Lipinski definition) is 3. The van der Waals surface area contributed by atoms with Crippen LogP contribution in [0, 0.1) is 6.92 Å². The van der Waals surface area contributed by atoms with E-state index in [9.17, 15) is 14.6 Å². The Morgan fingerprint density at radius 1 is 1.18 bits per heavy atom. The smallest absolute Gasteiger partial charge is 0.407 e. The molecule has 1 atom stereocenters. The number of benzene rings is 2. The first-order chi connectivity index (χ1) is 10.2. The van der Waals surface area contributed by atoms with E-state index >= 15 is 0 Å². The number of halogens is 1. The van der Waals surface area contributed by atoms with Gasteiger partial charge in [-0.05, 0) is 58.6 Å². The van der Waals surface area contributed by atoms with E-state index in [-0.39, 0.29) is 18.6 Å². The lowest BCUT2D eigenvalue weighted by Gasteiger charge is -2.30. The fraction of sp³-hybridized carbons (Fsp3) is 0.375. The van der Waals surface area contributed by atoms with Gasteiger partial charge in [-0.3, -0.25) is 0 Å². The van der Waals surface area contributed by atoms with Gasteiger partial charge in [0.25, 0.3) is 0 Å². The summed E-state index contributed by atoms with van der Waals surface area (Å²) in [6, 6.07) is 9.50. The van der Waals surface area contributed by atoms with Crippen LogP contribution in [0.1, 0.15) is 32.3 Å². The summed E-state index contributed by atoms with van der Waals surface area (Å²) < 4.78 is 18.4. The van der Waals surface area contributed by atoms with Gasteiger partial charge < -0.3 is 14.5 Å². The van der Waals surface area contributed by atoms with Crippen LogP contribution in [-0.4, -0.2) is 15.3 Å². The van der Waals surface area contributed by atoms with Gasteiger partial charge in [0.1, 0.15) is 5.75 Å². The van der Waals surface area contributed by atoms with Crippen LogP contribution >= 0.6 is 23.5 Å². The minimum Gasteiger partial charge on any atom is -0.421 e. The fourth-order valence-electron chi connectivity index (χ4n) is 2.31. The molecule has 0 bridgehead atoms. The Labute approximate surface area is 138 Å². The Morgan fingerprint density at radius 3 is 2.41 bits per heavy atom. The molecule has 0 aliphatic rings. The van der Waals surface area contributed by atoms with Gasteiger partial charge in [0, 0.05) is 0 Å². The zero-order valence-corrected chi connectivity index (χ0v) is 15.3. The van der Waals surface area contributed by atoms with E-state index < -0.39 is 12.9 Å². The van der Waals surface area contributed by atoms with E-state index in [1.165, 1.54) is 0 Å². The average Bonchev–Trinajstić information content (AvgIpc) is 2.47. The highest BCUT2D eigenvalue weighted by molar-refractivity contribution is 9.10. The molecule has 4 nitrogen and oxygen atoms in total. The quantitative estimate of drug-likeness (QED) is 0.710. The van der Waals surface area contributed by atoms with E-state index in [2.05, 4.69) is 15.9 Å². The van der Waals surface area contributed by atoms with Crippen LogP contribution in [0.4, 0.5) is 0 Å². The van der Waals surface area contributed by atoms with Crippen molar-refractivity contribution in [2.75, 3.05) is 0 Å². The molecule has 0 saturated carbocycles. The first-order valence-electron chi connectivity index (χ1n) is 7.17. The zero-order valence-electron chi connectivity index (χ0n) is 12.8. The van der Waals surface area contributed by atoms with E-state index in [1.807, 2.05) is 31.2 Å². The normalized spacial score (nSPS) is 14.8. The number of hydrogen-bond donors (Lipinski definition) is 2. The van der Waals surface area contributed by atoms with Crippen molar-refractivity contribution in [2.24, 2.45) is 0 Å². The van der Waals surface area contributed by atoms with Gasteiger partial charge in [-0.2, -0.15) is 0 Å².